The molecule has 1 aromatic carbocycles. The highest BCUT2D eigenvalue weighted by Gasteiger charge is 2.33. The van der Waals surface area contributed by atoms with Gasteiger partial charge in [0.25, 0.3) is 0 Å². The van der Waals surface area contributed by atoms with Crippen molar-refractivity contribution in [1.29, 1.82) is 0 Å². The van der Waals surface area contributed by atoms with Crippen molar-refractivity contribution in [3.8, 4) is 0 Å². The minimum atomic E-state index is -4.41. The van der Waals surface area contributed by atoms with Gasteiger partial charge in [-0.1, -0.05) is 26.2 Å². The minimum Gasteiger partial charge on any atom is -0.398 e. The second kappa shape index (κ2) is 5.94. The lowest BCUT2D eigenvalue weighted by molar-refractivity contribution is -0.136. The van der Waals surface area contributed by atoms with E-state index in [9.17, 15) is 13.2 Å². The first-order chi connectivity index (χ1) is 9.38. The number of anilines is 2. The van der Waals surface area contributed by atoms with E-state index in [2.05, 4.69) is 12.2 Å². The van der Waals surface area contributed by atoms with Crippen molar-refractivity contribution >= 4 is 11.4 Å². The fraction of sp³-hybridized carbons (Fsp3) is 0.600. The highest BCUT2D eigenvalue weighted by molar-refractivity contribution is 5.58. The fourth-order valence-electron chi connectivity index (χ4n) is 2.81. The Morgan fingerprint density at radius 1 is 1.15 bits per heavy atom. The summed E-state index contributed by atoms with van der Waals surface area (Å²) in [7, 11) is 0. The van der Waals surface area contributed by atoms with E-state index in [-0.39, 0.29) is 11.7 Å². The normalized spacial score (nSPS) is 24.2. The monoisotopic (exact) mass is 286 g/mol. The first-order valence-corrected chi connectivity index (χ1v) is 7.11. The predicted octanol–water partition coefficient (Wildman–Crippen LogP) is 4.67. The van der Waals surface area contributed by atoms with E-state index in [0.29, 0.717) is 11.6 Å². The summed E-state index contributed by atoms with van der Waals surface area (Å²) < 4.78 is 38.5. The van der Waals surface area contributed by atoms with Crippen LogP contribution in [0.4, 0.5) is 24.5 Å². The summed E-state index contributed by atoms with van der Waals surface area (Å²) in [6, 6.07) is 4.31. The van der Waals surface area contributed by atoms with Crippen molar-refractivity contribution < 1.29 is 13.2 Å². The lowest BCUT2D eigenvalue weighted by Crippen LogP contribution is -2.26. The predicted molar refractivity (Wildman–Crippen MR) is 75.5 cm³/mol. The van der Waals surface area contributed by atoms with Crippen molar-refractivity contribution in [1.82, 2.24) is 0 Å². The molecule has 20 heavy (non-hydrogen) atoms. The molecular weight excluding hydrogens is 265 g/mol. The van der Waals surface area contributed by atoms with Crippen molar-refractivity contribution in [3.63, 3.8) is 0 Å². The molecule has 0 aromatic heterocycles. The zero-order chi connectivity index (χ0) is 14.8. The van der Waals surface area contributed by atoms with Gasteiger partial charge in [0.2, 0.25) is 0 Å². The largest absolute Gasteiger partial charge is 0.418 e. The summed E-state index contributed by atoms with van der Waals surface area (Å²) in [5.74, 6) is 0.476. The Morgan fingerprint density at radius 2 is 1.85 bits per heavy atom. The fourth-order valence-corrected chi connectivity index (χ4v) is 2.81. The summed E-state index contributed by atoms with van der Waals surface area (Å²) in [5.41, 5.74) is 4.93. The van der Waals surface area contributed by atoms with E-state index in [1.807, 2.05) is 0 Å². The van der Waals surface area contributed by atoms with Gasteiger partial charge in [0.1, 0.15) is 0 Å². The van der Waals surface area contributed by atoms with Gasteiger partial charge < -0.3 is 11.1 Å². The molecule has 1 aromatic rings. The van der Waals surface area contributed by atoms with Crippen LogP contribution in [0, 0.1) is 5.92 Å². The standard InChI is InChI=1S/C15H21F3N2/c1-10-5-3-2-4-6-14(10)20-11-7-8-13(19)12(9-11)15(16,17)18/h7-10,14,20H,2-6,19H2,1H3. The zero-order valence-electron chi connectivity index (χ0n) is 11.6. The molecule has 2 rings (SSSR count). The second-order valence-electron chi connectivity index (χ2n) is 5.67. The lowest BCUT2D eigenvalue weighted by atomic mass is 9.96. The Hall–Kier alpha value is -1.39. The van der Waals surface area contributed by atoms with Crippen LogP contribution < -0.4 is 11.1 Å². The van der Waals surface area contributed by atoms with Crippen molar-refractivity contribution in [3.05, 3.63) is 23.8 Å². The number of halogens is 3. The molecule has 0 radical (unpaired) electrons. The maximum atomic E-state index is 12.8. The highest BCUT2D eigenvalue weighted by Crippen LogP contribution is 2.36. The van der Waals surface area contributed by atoms with Crippen LogP contribution in [0.25, 0.3) is 0 Å². The van der Waals surface area contributed by atoms with Crippen LogP contribution >= 0.6 is 0 Å². The van der Waals surface area contributed by atoms with Crippen molar-refractivity contribution in [2.75, 3.05) is 11.1 Å². The van der Waals surface area contributed by atoms with E-state index in [1.165, 1.54) is 18.9 Å². The molecule has 1 aliphatic rings. The van der Waals surface area contributed by atoms with Gasteiger partial charge in [0.05, 0.1) is 5.56 Å². The molecule has 1 saturated carbocycles. The molecule has 2 unspecified atom stereocenters. The Morgan fingerprint density at radius 3 is 2.55 bits per heavy atom. The third kappa shape index (κ3) is 3.58. The molecule has 0 spiro atoms. The zero-order valence-corrected chi connectivity index (χ0v) is 11.6. The van der Waals surface area contributed by atoms with E-state index in [0.717, 1.165) is 25.3 Å². The number of nitrogens with one attached hydrogen (secondary N) is 1. The Kier molecular flexibility index (Phi) is 4.45. The number of rotatable bonds is 2. The molecule has 0 bridgehead atoms. The minimum absolute atomic E-state index is 0.225. The van der Waals surface area contributed by atoms with Gasteiger partial charge in [0, 0.05) is 17.4 Å². The molecule has 3 N–H and O–H groups in total. The van der Waals surface area contributed by atoms with Gasteiger partial charge in [0.15, 0.2) is 0 Å². The topological polar surface area (TPSA) is 38.0 Å². The van der Waals surface area contributed by atoms with Crippen molar-refractivity contribution in [2.24, 2.45) is 5.92 Å². The highest BCUT2D eigenvalue weighted by atomic mass is 19.4. The molecular formula is C15H21F3N2. The van der Waals surface area contributed by atoms with Crippen LogP contribution in [0.1, 0.15) is 44.6 Å². The maximum Gasteiger partial charge on any atom is 0.418 e. The quantitative estimate of drug-likeness (QED) is 0.612. The number of nitrogens with two attached hydrogens (primary N) is 1. The molecule has 5 heteroatoms. The van der Waals surface area contributed by atoms with Crippen LogP contribution in [0.5, 0.6) is 0 Å². The number of hydrogen-bond acceptors (Lipinski definition) is 2. The molecule has 1 fully saturated rings. The molecule has 0 aliphatic heterocycles. The number of benzene rings is 1. The Balaban J connectivity index is 2.17. The van der Waals surface area contributed by atoms with Gasteiger partial charge in [-0.3, -0.25) is 0 Å². The van der Waals surface area contributed by atoms with E-state index < -0.39 is 11.7 Å². The smallest absolute Gasteiger partial charge is 0.398 e. The van der Waals surface area contributed by atoms with Crippen LogP contribution in [0.3, 0.4) is 0 Å². The molecule has 2 nitrogen and oxygen atoms in total. The molecule has 2 atom stereocenters. The first kappa shape index (κ1) is 15.0. The van der Waals surface area contributed by atoms with Gasteiger partial charge in [-0.15, -0.1) is 0 Å². The maximum absolute atomic E-state index is 12.8. The third-order valence-electron chi connectivity index (χ3n) is 4.07. The summed E-state index contributed by atoms with van der Waals surface area (Å²) >= 11 is 0. The van der Waals surface area contributed by atoms with Gasteiger partial charge >= 0.3 is 6.18 Å². The lowest BCUT2D eigenvalue weighted by Gasteiger charge is -2.24. The molecule has 112 valence electrons. The summed E-state index contributed by atoms with van der Waals surface area (Å²) in [5, 5.41) is 3.25. The van der Waals surface area contributed by atoms with Crippen LogP contribution in [0.2, 0.25) is 0 Å². The summed E-state index contributed by atoms with van der Waals surface area (Å²) in [4.78, 5) is 0. The van der Waals surface area contributed by atoms with Gasteiger partial charge in [-0.25, -0.2) is 0 Å². The average molecular weight is 286 g/mol. The van der Waals surface area contributed by atoms with Crippen molar-refractivity contribution in [2.45, 2.75) is 51.2 Å². The molecule has 0 amide bonds. The third-order valence-corrected chi connectivity index (χ3v) is 4.07. The van der Waals surface area contributed by atoms with Crippen LogP contribution in [0.15, 0.2) is 18.2 Å². The van der Waals surface area contributed by atoms with Gasteiger partial charge in [-0.2, -0.15) is 13.2 Å². The van der Waals surface area contributed by atoms with Crippen LogP contribution in [-0.2, 0) is 6.18 Å². The van der Waals surface area contributed by atoms with Gasteiger partial charge in [-0.05, 0) is 37.0 Å². The molecule has 0 heterocycles. The first-order valence-electron chi connectivity index (χ1n) is 7.11. The second-order valence-corrected chi connectivity index (χ2v) is 5.67. The van der Waals surface area contributed by atoms with E-state index in [1.54, 1.807) is 6.07 Å². The number of alkyl halides is 3. The number of nitrogen functional groups attached to an aromatic ring is 1. The van der Waals surface area contributed by atoms with E-state index >= 15 is 0 Å². The summed E-state index contributed by atoms with van der Waals surface area (Å²) in [6.07, 6.45) is 1.26. The SMILES string of the molecule is CC1CCCCCC1Nc1ccc(N)c(C(F)(F)F)c1. The average Bonchev–Trinajstić information content (AvgIpc) is 2.56. The number of hydrogen-bond donors (Lipinski definition) is 2. The molecule has 0 saturated heterocycles. The Bertz CT molecular complexity index is 457. The molecule has 1 aliphatic carbocycles. The Labute approximate surface area is 117 Å². The van der Waals surface area contributed by atoms with E-state index in [4.69, 9.17) is 5.73 Å². The summed E-state index contributed by atoms with van der Waals surface area (Å²) in [6.45, 7) is 2.16. The van der Waals surface area contributed by atoms with Crippen LogP contribution in [-0.4, -0.2) is 6.04 Å².